The van der Waals surface area contributed by atoms with Crippen molar-refractivity contribution in [2.75, 3.05) is 0 Å². The Labute approximate surface area is 126 Å². The van der Waals surface area contributed by atoms with Gasteiger partial charge in [0, 0.05) is 29.8 Å². The number of rotatable bonds is 3. The fourth-order valence-electron chi connectivity index (χ4n) is 3.27. The summed E-state index contributed by atoms with van der Waals surface area (Å²) in [5.74, 6) is 1.31. The lowest BCUT2D eigenvalue weighted by molar-refractivity contribution is 0.583. The lowest BCUT2D eigenvalue weighted by atomic mass is 9.82. The largest absolute Gasteiger partial charge is 0.328 e. The van der Waals surface area contributed by atoms with Crippen molar-refractivity contribution in [3.8, 4) is 0 Å². The number of aromatic nitrogens is 2. The lowest BCUT2D eigenvalue weighted by Crippen LogP contribution is -2.20. The Morgan fingerprint density at radius 2 is 2.10 bits per heavy atom. The van der Waals surface area contributed by atoms with Gasteiger partial charge in [0.25, 0.3) is 0 Å². The molecule has 110 valence electrons. The van der Waals surface area contributed by atoms with Crippen LogP contribution in [0.15, 0.2) is 30.3 Å². The highest BCUT2D eigenvalue weighted by atomic mass is 14.9. The van der Waals surface area contributed by atoms with E-state index in [9.17, 15) is 0 Å². The van der Waals surface area contributed by atoms with Crippen LogP contribution in [0.25, 0.3) is 0 Å². The number of aryl methyl sites for hydroxylation is 2. The molecule has 0 amide bonds. The maximum absolute atomic E-state index is 5.92. The van der Waals surface area contributed by atoms with Gasteiger partial charge in [0.2, 0.25) is 0 Å². The summed E-state index contributed by atoms with van der Waals surface area (Å²) in [5.41, 5.74) is 10.9. The molecule has 1 aliphatic rings. The van der Waals surface area contributed by atoms with E-state index in [1.54, 1.807) is 0 Å². The van der Waals surface area contributed by atoms with Crippen molar-refractivity contribution in [2.24, 2.45) is 5.73 Å². The molecule has 3 nitrogen and oxygen atoms in total. The second-order valence-corrected chi connectivity index (χ2v) is 6.18. The number of hydrogen-bond acceptors (Lipinski definition) is 3. The maximum Gasteiger partial charge on any atom is 0.136 e. The molecular weight excluding hydrogens is 258 g/mol. The predicted octanol–water partition coefficient (Wildman–Crippen LogP) is 3.14. The minimum absolute atomic E-state index is 0.130. The van der Waals surface area contributed by atoms with Crippen LogP contribution in [-0.4, -0.2) is 16.0 Å². The summed E-state index contributed by atoms with van der Waals surface area (Å²) in [6.07, 6.45) is 4.33. The average Bonchev–Trinajstić information content (AvgIpc) is 2.45. The second-order valence-electron chi connectivity index (χ2n) is 6.18. The molecule has 0 saturated carbocycles. The fraction of sp³-hybridized carbons (Fsp3) is 0.444. The molecule has 1 aromatic heterocycles. The Bertz CT molecular complexity index is 634. The quantitative estimate of drug-likeness (QED) is 0.940. The zero-order chi connectivity index (χ0) is 14.8. The van der Waals surface area contributed by atoms with Crippen molar-refractivity contribution in [3.63, 3.8) is 0 Å². The molecule has 1 heterocycles. The van der Waals surface area contributed by atoms with Crippen molar-refractivity contribution < 1.29 is 0 Å². The van der Waals surface area contributed by atoms with Crippen molar-refractivity contribution in [1.82, 2.24) is 9.97 Å². The Kier molecular flexibility index (Phi) is 4.02. The van der Waals surface area contributed by atoms with Gasteiger partial charge in [-0.15, -0.1) is 0 Å². The van der Waals surface area contributed by atoms with Gasteiger partial charge in [0.05, 0.1) is 0 Å². The molecule has 3 heteroatoms. The van der Waals surface area contributed by atoms with Crippen molar-refractivity contribution in [3.05, 3.63) is 58.7 Å². The minimum atomic E-state index is 0.130. The van der Waals surface area contributed by atoms with Crippen LogP contribution in [0.3, 0.4) is 0 Å². The van der Waals surface area contributed by atoms with E-state index in [1.807, 2.05) is 13.8 Å². The molecule has 2 atom stereocenters. The van der Waals surface area contributed by atoms with Crippen LogP contribution in [0.5, 0.6) is 0 Å². The van der Waals surface area contributed by atoms with Crippen LogP contribution >= 0.6 is 0 Å². The molecule has 2 aromatic rings. The van der Waals surface area contributed by atoms with Crippen LogP contribution < -0.4 is 5.73 Å². The van der Waals surface area contributed by atoms with E-state index in [2.05, 4.69) is 30.3 Å². The highest BCUT2D eigenvalue weighted by Gasteiger charge is 2.24. The summed E-state index contributed by atoms with van der Waals surface area (Å²) in [6.45, 7) is 4.07. The number of fused-ring (bicyclic) bond motifs is 1. The molecule has 0 spiro atoms. The smallest absolute Gasteiger partial charge is 0.136 e. The number of nitrogens with zero attached hydrogens (tertiary/aromatic N) is 2. The SMILES string of the molecule is Cc1cc(CC(C)N)nc(C2CCCc3ccccc32)n1. The van der Waals surface area contributed by atoms with E-state index in [0.717, 1.165) is 30.1 Å². The standard InChI is InChI=1S/C18H23N3/c1-12(19)10-15-11-13(2)20-18(21-15)17-9-5-7-14-6-3-4-8-16(14)17/h3-4,6,8,11-12,17H,5,7,9-10,19H2,1-2H3. The van der Waals surface area contributed by atoms with Crippen LogP contribution in [0.1, 0.15) is 54.0 Å². The van der Waals surface area contributed by atoms with Crippen LogP contribution in [0, 0.1) is 6.92 Å². The Balaban J connectivity index is 1.99. The lowest BCUT2D eigenvalue weighted by Gasteiger charge is -2.25. The summed E-state index contributed by atoms with van der Waals surface area (Å²) in [4.78, 5) is 9.52. The number of benzene rings is 1. The molecule has 3 rings (SSSR count). The Hall–Kier alpha value is -1.74. The molecule has 1 aromatic carbocycles. The average molecular weight is 281 g/mol. The minimum Gasteiger partial charge on any atom is -0.328 e. The van der Waals surface area contributed by atoms with Crippen LogP contribution in [0.4, 0.5) is 0 Å². The number of hydrogen-bond donors (Lipinski definition) is 1. The summed E-state index contributed by atoms with van der Waals surface area (Å²) in [6, 6.07) is 10.9. The first kappa shape index (κ1) is 14.2. The first-order chi connectivity index (χ1) is 10.1. The normalized spacial score (nSPS) is 19.1. The van der Waals surface area contributed by atoms with Gasteiger partial charge in [-0.1, -0.05) is 24.3 Å². The van der Waals surface area contributed by atoms with Gasteiger partial charge in [-0.05, 0) is 50.3 Å². The van der Waals surface area contributed by atoms with Crippen molar-refractivity contribution >= 4 is 0 Å². The zero-order valence-corrected chi connectivity index (χ0v) is 12.8. The highest BCUT2D eigenvalue weighted by molar-refractivity contribution is 5.36. The molecular formula is C18H23N3. The van der Waals surface area contributed by atoms with Crippen LogP contribution in [0.2, 0.25) is 0 Å². The second kappa shape index (κ2) is 5.94. The summed E-state index contributed by atoms with van der Waals surface area (Å²) >= 11 is 0. The van der Waals surface area contributed by atoms with Gasteiger partial charge in [-0.3, -0.25) is 0 Å². The van der Waals surface area contributed by atoms with Crippen LogP contribution in [-0.2, 0) is 12.8 Å². The van der Waals surface area contributed by atoms with Gasteiger partial charge in [-0.2, -0.15) is 0 Å². The third-order valence-electron chi connectivity index (χ3n) is 4.14. The molecule has 0 saturated heterocycles. The zero-order valence-electron chi connectivity index (χ0n) is 12.8. The molecule has 2 N–H and O–H groups in total. The monoisotopic (exact) mass is 281 g/mol. The van der Waals surface area contributed by atoms with Gasteiger partial charge in [-0.25, -0.2) is 9.97 Å². The first-order valence-corrected chi connectivity index (χ1v) is 7.81. The van der Waals surface area contributed by atoms with Gasteiger partial charge < -0.3 is 5.73 Å². The Morgan fingerprint density at radius 1 is 1.29 bits per heavy atom. The topological polar surface area (TPSA) is 51.8 Å². The molecule has 0 fully saturated rings. The summed E-state index contributed by atoms with van der Waals surface area (Å²) in [7, 11) is 0. The van der Waals surface area contributed by atoms with E-state index in [0.29, 0.717) is 5.92 Å². The highest BCUT2D eigenvalue weighted by Crippen LogP contribution is 2.35. The summed E-state index contributed by atoms with van der Waals surface area (Å²) < 4.78 is 0. The maximum atomic E-state index is 5.92. The summed E-state index contributed by atoms with van der Waals surface area (Å²) in [5, 5.41) is 0. The third-order valence-corrected chi connectivity index (χ3v) is 4.14. The van der Waals surface area contributed by atoms with E-state index >= 15 is 0 Å². The third kappa shape index (κ3) is 3.13. The van der Waals surface area contributed by atoms with Crippen molar-refractivity contribution in [1.29, 1.82) is 0 Å². The van der Waals surface area contributed by atoms with Gasteiger partial charge in [0.15, 0.2) is 0 Å². The predicted molar refractivity (Wildman–Crippen MR) is 85.3 cm³/mol. The van der Waals surface area contributed by atoms with E-state index in [-0.39, 0.29) is 6.04 Å². The van der Waals surface area contributed by atoms with E-state index < -0.39 is 0 Å². The molecule has 21 heavy (non-hydrogen) atoms. The first-order valence-electron chi connectivity index (χ1n) is 7.81. The van der Waals surface area contributed by atoms with Gasteiger partial charge in [0.1, 0.15) is 5.82 Å². The molecule has 0 radical (unpaired) electrons. The Morgan fingerprint density at radius 3 is 2.90 bits per heavy atom. The van der Waals surface area contributed by atoms with Crippen molar-refractivity contribution in [2.45, 2.75) is 51.5 Å². The van der Waals surface area contributed by atoms with Gasteiger partial charge >= 0.3 is 0 Å². The molecule has 1 aliphatic carbocycles. The number of nitrogens with two attached hydrogens (primary N) is 1. The van der Waals surface area contributed by atoms with E-state index in [4.69, 9.17) is 15.7 Å². The van der Waals surface area contributed by atoms with E-state index in [1.165, 1.54) is 24.0 Å². The molecule has 2 unspecified atom stereocenters. The fourth-order valence-corrected chi connectivity index (χ4v) is 3.27. The molecule has 0 bridgehead atoms. The molecule has 0 aliphatic heterocycles.